The number of anilines is 1. The molecule has 1 fully saturated rings. The number of methoxy groups -OCH3 is 1. The number of aryl methyl sites for hydroxylation is 1. The van der Waals surface area contributed by atoms with E-state index in [0.717, 1.165) is 24.4 Å². The number of aromatic nitrogens is 2. The monoisotopic (exact) mass is 223 g/mol. The van der Waals surface area contributed by atoms with Crippen molar-refractivity contribution in [3.63, 3.8) is 0 Å². The highest BCUT2D eigenvalue weighted by atomic mass is 16.5. The van der Waals surface area contributed by atoms with E-state index in [1.807, 2.05) is 13.0 Å². The van der Waals surface area contributed by atoms with Crippen LogP contribution < -0.4 is 5.32 Å². The molecule has 1 aromatic rings. The molecule has 0 spiro atoms. The molecule has 2 heterocycles. The van der Waals surface area contributed by atoms with E-state index in [0.29, 0.717) is 13.2 Å². The topological polar surface area (TPSA) is 56.3 Å². The van der Waals surface area contributed by atoms with Crippen molar-refractivity contribution < 1.29 is 9.47 Å². The van der Waals surface area contributed by atoms with Gasteiger partial charge in [-0.15, -0.1) is 5.10 Å². The number of rotatable bonds is 4. The molecule has 1 saturated heterocycles. The van der Waals surface area contributed by atoms with E-state index < -0.39 is 0 Å². The van der Waals surface area contributed by atoms with Crippen LogP contribution in [0.5, 0.6) is 0 Å². The molecule has 0 saturated carbocycles. The minimum atomic E-state index is -0.217. The van der Waals surface area contributed by atoms with Crippen molar-refractivity contribution in [2.45, 2.75) is 18.9 Å². The maximum Gasteiger partial charge on any atom is 0.149 e. The van der Waals surface area contributed by atoms with E-state index in [2.05, 4.69) is 15.5 Å². The molecular weight excluding hydrogens is 206 g/mol. The van der Waals surface area contributed by atoms with E-state index in [1.54, 1.807) is 13.3 Å². The second-order valence-electron chi connectivity index (χ2n) is 4.16. The summed E-state index contributed by atoms with van der Waals surface area (Å²) in [6.45, 7) is 4.08. The highest BCUT2D eigenvalue weighted by Crippen LogP contribution is 2.22. The van der Waals surface area contributed by atoms with Gasteiger partial charge in [-0.05, 0) is 18.6 Å². The lowest BCUT2D eigenvalue weighted by Crippen LogP contribution is -2.39. The number of nitrogens with one attached hydrogen (secondary N) is 1. The van der Waals surface area contributed by atoms with Gasteiger partial charge in [0.05, 0.1) is 12.8 Å². The molecule has 5 heteroatoms. The Morgan fingerprint density at radius 2 is 2.50 bits per heavy atom. The summed E-state index contributed by atoms with van der Waals surface area (Å²) in [5.41, 5.74) is 0.873. The molecule has 1 aliphatic heterocycles. The first-order valence-electron chi connectivity index (χ1n) is 5.40. The molecule has 2 rings (SSSR count). The zero-order valence-corrected chi connectivity index (χ0v) is 9.69. The zero-order valence-electron chi connectivity index (χ0n) is 9.69. The molecule has 1 N–H and O–H groups in total. The van der Waals surface area contributed by atoms with Gasteiger partial charge in [-0.3, -0.25) is 0 Å². The highest BCUT2D eigenvalue weighted by molar-refractivity contribution is 5.35. The molecule has 0 aliphatic carbocycles. The fraction of sp³-hybridized carbons (Fsp3) is 0.636. The number of ether oxygens (including phenoxy) is 2. The Morgan fingerprint density at radius 1 is 1.62 bits per heavy atom. The minimum absolute atomic E-state index is 0.217. The van der Waals surface area contributed by atoms with Crippen LogP contribution in [0.2, 0.25) is 0 Å². The summed E-state index contributed by atoms with van der Waals surface area (Å²) in [5.74, 6) is 0.781. The van der Waals surface area contributed by atoms with Gasteiger partial charge in [-0.2, -0.15) is 5.10 Å². The molecule has 1 aromatic heterocycles. The lowest BCUT2D eigenvalue weighted by Gasteiger charge is -2.25. The van der Waals surface area contributed by atoms with E-state index in [1.165, 1.54) is 0 Å². The van der Waals surface area contributed by atoms with Crippen LogP contribution in [0.15, 0.2) is 12.3 Å². The van der Waals surface area contributed by atoms with Crippen LogP contribution in [0.3, 0.4) is 0 Å². The van der Waals surface area contributed by atoms with Gasteiger partial charge < -0.3 is 14.8 Å². The molecular formula is C11H17N3O2. The van der Waals surface area contributed by atoms with Gasteiger partial charge in [0, 0.05) is 26.7 Å². The summed E-state index contributed by atoms with van der Waals surface area (Å²) in [7, 11) is 1.72. The minimum Gasteiger partial charge on any atom is -0.378 e. The van der Waals surface area contributed by atoms with Gasteiger partial charge in [0.15, 0.2) is 0 Å². The van der Waals surface area contributed by atoms with Crippen molar-refractivity contribution in [2.75, 3.05) is 32.2 Å². The first kappa shape index (κ1) is 11.3. The zero-order chi connectivity index (χ0) is 11.4. The molecule has 5 nitrogen and oxygen atoms in total. The third kappa shape index (κ3) is 2.48. The Hall–Kier alpha value is -1.20. The maximum atomic E-state index is 5.52. The summed E-state index contributed by atoms with van der Waals surface area (Å²) in [6.07, 6.45) is 2.64. The second kappa shape index (κ2) is 4.76. The molecule has 88 valence electrons. The van der Waals surface area contributed by atoms with E-state index in [4.69, 9.17) is 9.47 Å². The summed E-state index contributed by atoms with van der Waals surface area (Å²) in [6, 6.07) is 1.96. The first-order valence-corrected chi connectivity index (χ1v) is 5.40. The van der Waals surface area contributed by atoms with Gasteiger partial charge in [0.2, 0.25) is 0 Å². The summed E-state index contributed by atoms with van der Waals surface area (Å²) in [5, 5.41) is 11.1. The Bertz CT molecular complexity index is 351. The molecule has 0 amide bonds. The number of hydrogen-bond acceptors (Lipinski definition) is 5. The van der Waals surface area contributed by atoms with Gasteiger partial charge >= 0.3 is 0 Å². The molecule has 0 radical (unpaired) electrons. The quantitative estimate of drug-likeness (QED) is 0.825. The lowest BCUT2D eigenvalue weighted by molar-refractivity contribution is -0.00626. The predicted octanol–water partition coefficient (Wildman–Crippen LogP) is 1.00. The third-order valence-electron chi connectivity index (χ3n) is 2.88. The van der Waals surface area contributed by atoms with Crippen molar-refractivity contribution in [1.82, 2.24) is 10.2 Å². The van der Waals surface area contributed by atoms with Crippen molar-refractivity contribution >= 4 is 5.82 Å². The fourth-order valence-corrected chi connectivity index (χ4v) is 1.76. The van der Waals surface area contributed by atoms with Gasteiger partial charge in [-0.1, -0.05) is 0 Å². The fourth-order valence-electron chi connectivity index (χ4n) is 1.76. The lowest BCUT2D eigenvalue weighted by atomic mass is 10.0. The Balaban J connectivity index is 1.95. The van der Waals surface area contributed by atoms with Crippen molar-refractivity contribution in [2.24, 2.45) is 0 Å². The van der Waals surface area contributed by atoms with Crippen LogP contribution >= 0.6 is 0 Å². The largest absolute Gasteiger partial charge is 0.378 e. The van der Waals surface area contributed by atoms with Crippen LogP contribution in [-0.4, -0.2) is 42.7 Å². The standard InChI is InChI=1S/C11H17N3O2/c1-9-5-10(14-13-6-9)12-7-11(15-2)3-4-16-8-11/h5-6H,3-4,7-8H2,1-2H3,(H,12,14). The van der Waals surface area contributed by atoms with E-state index >= 15 is 0 Å². The normalized spacial score (nSPS) is 24.6. The molecule has 1 aliphatic rings. The van der Waals surface area contributed by atoms with Crippen molar-refractivity contribution in [1.29, 1.82) is 0 Å². The van der Waals surface area contributed by atoms with Gasteiger partial charge in [0.25, 0.3) is 0 Å². The maximum absolute atomic E-state index is 5.52. The summed E-state index contributed by atoms with van der Waals surface area (Å²) in [4.78, 5) is 0. The van der Waals surface area contributed by atoms with Gasteiger partial charge in [0.1, 0.15) is 11.4 Å². The van der Waals surface area contributed by atoms with E-state index in [-0.39, 0.29) is 5.60 Å². The Kier molecular flexibility index (Phi) is 3.36. The van der Waals surface area contributed by atoms with E-state index in [9.17, 15) is 0 Å². The molecule has 1 atom stereocenters. The first-order chi connectivity index (χ1) is 7.74. The molecule has 0 bridgehead atoms. The number of hydrogen-bond donors (Lipinski definition) is 1. The molecule has 1 unspecified atom stereocenters. The van der Waals surface area contributed by atoms with Crippen LogP contribution in [-0.2, 0) is 9.47 Å². The van der Waals surface area contributed by atoms with Crippen LogP contribution in [0.25, 0.3) is 0 Å². The van der Waals surface area contributed by atoms with Crippen LogP contribution in [0, 0.1) is 6.92 Å². The average molecular weight is 223 g/mol. The predicted molar refractivity (Wildman–Crippen MR) is 60.4 cm³/mol. The van der Waals surface area contributed by atoms with Crippen LogP contribution in [0.4, 0.5) is 5.82 Å². The molecule has 0 aromatic carbocycles. The smallest absolute Gasteiger partial charge is 0.149 e. The van der Waals surface area contributed by atoms with Crippen molar-refractivity contribution in [3.8, 4) is 0 Å². The number of nitrogens with zero attached hydrogens (tertiary/aromatic N) is 2. The third-order valence-corrected chi connectivity index (χ3v) is 2.88. The van der Waals surface area contributed by atoms with Crippen LogP contribution in [0.1, 0.15) is 12.0 Å². The SMILES string of the molecule is COC1(CNc2cc(C)cnn2)CCOC1. The molecule has 16 heavy (non-hydrogen) atoms. The Morgan fingerprint density at radius 3 is 3.12 bits per heavy atom. The summed E-state index contributed by atoms with van der Waals surface area (Å²) < 4.78 is 10.9. The van der Waals surface area contributed by atoms with Gasteiger partial charge in [-0.25, -0.2) is 0 Å². The second-order valence-corrected chi connectivity index (χ2v) is 4.16. The van der Waals surface area contributed by atoms with Crippen molar-refractivity contribution in [3.05, 3.63) is 17.8 Å². The Labute approximate surface area is 95.2 Å². The summed E-state index contributed by atoms with van der Waals surface area (Å²) >= 11 is 0. The average Bonchev–Trinajstić information content (AvgIpc) is 2.76. The highest BCUT2D eigenvalue weighted by Gasteiger charge is 2.34.